The van der Waals surface area contributed by atoms with Crippen molar-refractivity contribution in [1.82, 2.24) is 0 Å². The van der Waals surface area contributed by atoms with E-state index in [1.807, 2.05) is 0 Å². The van der Waals surface area contributed by atoms with Crippen LogP contribution in [0.1, 0.15) is 38.5 Å². The van der Waals surface area contributed by atoms with Gasteiger partial charge in [0.2, 0.25) is 5.91 Å². The van der Waals surface area contributed by atoms with E-state index in [0.29, 0.717) is 12.1 Å². The molecular weight excluding hydrogens is 228 g/mol. The fraction of sp³-hybridized carbons (Fsp3) is 0.500. The number of rotatable bonds is 3. The van der Waals surface area contributed by atoms with Crippen LogP contribution in [0.5, 0.6) is 5.75 Å². The van der Waals surface area contributed by atoms with Gasteiger partial charge in [-0.15, -0.1) is 0 Å². The second-order valence-corrected chi connectivity index (χ2v) is 5.20. The summed E-state index contributed by atoms with van der Waals surface area (Å²) in [5.41, 5.74) is 6.50. The third-order valence-electron chi connectivity index (χ3n) is 3.49. The van der Waals surface area contributed by atoms with Gasteiger partial charge in [0.15, 0.2) is 0 Å². The van der Waals surface area contributed by atoms with Gasteiger partial charge in [-0.1, -0.05) is 25.3 Å². The molecule has 18 heavy (non-hydrogen) atoms. The first-order valence-corrected chi connectivity index (χ1v) is 6.45. The third-order valence-corrected chi connectivity index (χ3v) is 3.49. The average molecular weight is 248 g/mol. The lowest BCUT2D eigenvalue weighted by Crippen LogP contribution is -2.44. The van der Waals surface area contributed by atoms with Crippen molar-refractivity contribution in [2.45, 2.75) is 44.1 Å². The zero-order valence-electron chi connectivity index (χ0n) is 10.5. The highest BCUT2D eigenvalue weighted by atomic mass is 16.3. The summed E-state index contributed by atoms with van der Waals surface area (Å²) in [7, 11) is 0. The minimum absolute atomic E-state index is 0.0787. The molecule has 1 fully saturated rings. The molecular formula is C14H20N2O2. The number of amides is 1. The van der Waals surface area contributed by atoms with E-state index in [9.17, 15) is 9.90 Å². The Morgan fingerprint density at radius 1 is 1.33 bits per heavy atom. The predicted octanol–water partition coefficient (Wildman–Crippen LogP) is 2.38. The van der Waals surface area contributed by atoms with Crippen molar-refractivity contribution in [2.75, 3.05) is 5.32 Å². The second kappa shape index (κ2) is 5.40. The number of hydrogen-bond acceptors (Lipinski definition) is 3. The number of anilines is 1. The maximum Gasteiger partial charge on any atom is 0.226 e. The van der Waals surface area contributed by atoms with Crippen molar-refractivity contribution >= 4 is 11.6 Å². The standard InChI is InChI=1S/C14H20N2O2/c15-14(7-2-1-3-8-14)10-13(18)16-11-5-4-6-12(17)9-11/h4-6,9,17H,1-3,7-8,10,15H2,(H,16,18). The lowest BCUT2D eigenvalue weighted by Gasteiger charge is -2.32. The minimum Gasteiger partial charge on any atom is -0.508 e. The van der Waals surface area contributed by atoms with Crippen LogP contribution in [-0.4, -0.2) is 16.6 Å². The molecule has 1 aliphatic carbocycles. The van der Waals surface area contributed by atoms with Gasteiger partial charge in [0.1, 0.15) is 5.75 Å². The molecule has 0 atom stereocenters. The first-order valence-electron chi connectivity index (χ1n) is 6.45. The highest BCUT2D eigenvalue weighted by molar-refractivity contribution is 5.91. The fourth-order valence-electron chi connectivity index (χ4n) is 2.54. The Hall–Kier alpha value is -1.55. The van der Waals surface area contributed by atoms with E-state index < -0.39 is 0 Å². The van der Waals surface area contributed by atoms with Crippen LogP contribution in [-0.2, 0) is 4.79 Å². The number of aromatic hydroxyl groups is 1. The van der Waals surface area contributed by atoms with E-state index >= 15 is 0 Å². The van der Waals surface area contributed by atoms with E-state index in [1.54, 1.807) is 18.2 Å². The van der Waals surface area contributed by atoms with Crippen LogP contribution in [0.2, 0.25) is 0 Å². The molecule has 98 valence electrons. The van der Waals surface area contributed by atoms with Crippen molar-refractivity contribution in [3.05, 3.63) is 24.3 Å². The predicted molar refractivity (Wildman–Crippen MR) is 71.4 cm³/mol. The summed E-state index contributed by atoms with van der Waals surface area (Å²) in [6.07, 6.45) is 5.61. The highest BCUT2D eigenvalue weighted by Gasteiger charge is 2.29. The normalized spacial score (nSPS) is 18.3. The Balaban J connectivity index is 1.92. The lowest BCUT2D eigenvalue weighted by atomic mass is 9.80. The summed E-state index contributed by atoms with van der Waals surface area (Å²) >= 11 is 0. The maximum absolute atomic E-state index is 11.9. The molecule has 0 unspecified atom stereocenters. The molecule has 4 heteroatoms. The number of hydrogen-bond donors (Lipinski definition) is 3. The summed E-state index contributed by atoms with van der Waals surface area (Å²) < 4.78 is 0. The van der Waals surface area contributed by atoms with Crippen LogP contribution >= 0.6 is 0 Å². The number of nitrogens with two attached hydrogens (primary N) is 1. The van der Waals surface area contributed by atoms with E-state index in [-0.39, 0.29) is 17.2 Å². The van der Waals surface area contributed by atoms with Gasteiger partial charge in [0.05, 0.1) is 0 Å². The molecule has 0 spiro atoms. The molecule has 1 aromatic rings. The van der Waals surface area contributed by atoms with Crippen LogP contribution in [0.3, 0.4) is 0 Å². The summed E-state index contributed by atoms with van der Waals surface area (Å²) in [5, 5.41) is 12.1. The number of nitrogens with one attached hydrogen (secondary N) is 1. The Morgan fingerprint density at radius 2 is 2.06 bits per heavy atom. The second-order valence-electron chi connectivity index (χ2n) is 5.20. The van der Waals surface area contributed by atoms with E-state index in [2.05, 4.69) is 5.32 Å². The zero-order valence-corrected chi connectivity index (χ0v) is 10.5. The molecule has 0 heterocycles. The topological polar surface area (TPSA) is 75.4 Å². The lowest BCUT2D eigenvalue weighted by molar-refractivity contribution is -0.117. The van der Waals surface area contributed by atoms with Crippen molar-refractivity contribution < 1.29 is 9.90 Å². The SMILES string of the molecule is NC1(CC(=O)Nc2cccc(O)c2)CCCCC1. The molecule has 1 amide bonds. The molecule has 1 saturated carbocycles. The van der Waals surface area contributed by atoms with Crippen molar-refractivity contribution in [3.8, 4) is 5.75 Å². The Bertz CT molecular complexity index is 426. The Kier molecular flexibility index (Phi) is 3.87. The maximum atomic E-state index is 11.9. The van der Waals surface area contributed by atoms with Gasteiger partial charge < -0.3 is 16.2 Å². The number of phenolic OH excluding ortho intramolecular Hbond substituents is 1. The fourth-order valence-corrected chi connectivity index (χ4v) is 2.54. The van der Waals surface area contributed by atoms with Gasteiger partial charge >= 0.3 is 0 Å². The molecule has 0 aromatic heterocycles. The average Bonchev–Trinajstić information content (AvgIpc) is 2.28. The van der Waals surface area contributed by atoms with Crippen LogP contribution in [0.25, 0.3) is 0 Å². The van der Waals surface area contributed by atoms with Gasteiger partial charge in [-0.05, 0) is 25.0 Å². The summed E-state index contributed by atoms with van der Waals surface area (Å²) in [6, 6.07) is 6.55. The zero-order chi connectivity index (χ0) is 13.0. The van der Waals surface area contributed by atoms with Gasteiger partial charge in [0, 0.05) is 23.7 Å². The van der Waals surface area contributed by atoms with E-state index in [1.165, 1.54) is 12.5 Å². The molecule has 4 nitrogen and oxygen atoms in total. The first-order chi connectivity index (χ1) is 8.57. The van der Waals surface area contributed by atoms with Crippen LogP contribution in [0, 0.1) is 0 Å². The summed E-state index contributed by atoms with van der Waals surface area (Å²) in [5.74, 6) is 0.0675. The number of carbonyl (C=O) groups is 1. The third kappa shape index (κ3) is 3.47. The number of carbonyl (C=O) groups excluding carboxylic acids is 1. The molecule has 2 rings (SSSR count). The molecule has 0 aliphatic heterocycles. The smallest absolute Gasteiger partial charge is 0.226 e. The molecule has 0 saturated heterocycles. The van der Waals surface area contributed by atoms with E-state index in [4.69, 9.17) is 5.73 Å². The number of phenols is 1. The number of benzene rings is 1. The molecule has 1 aromatic carbocycles. The summed E-state index contributed by atoms with van der Waals surface area (Å²) in [6.45, 7) is 0. The molecule has 4 N–H and O–H groups in total. The van der Waals surface area contributed by atoms with Gasteiger partial charge in [-0.3, -0.25) is 4.79 Å². The van der Waals surface area contributed by atoms with Gasteiger partial charge in [0.25, 0.3) is 0 Å². The quantitative estimate of drug-likeness (QED) is 0.768. The largest absolute Gasteiger partial charge is 0.508 e. The van der Waals surface area contributed by atoms with Crippen molar-refractivity contribution in [3.63, 3.8) is 0 Å². The van der Waals surface area contributed by atoms with Crippen molar-refractivity contribution in [2.24, 2.45) is 5.73 Å². The summed E-state index contributed by atoms with van der Waals surface area (Å²) in [4.78, 5) is 11.9. The van der Waals surface area contributed by atoms with Crippen molar-refractivity contribution in [1.29, 1.82) is 0 Å². The van der Waals surface area contributed by atoms with Crippen LogP contribution in [0.4, 0.5) is 5.69 Å². The van der Waals surface area contributed by atoms with Gasteiger partial charge in [-0.25, -0.2) is 0 Å². The molecule has 1 aliphatic rings. The molecule has 0 radical (unpaired) electrons. The monoisotopic (exact) mass is 248 g/mol. The highest BCUT2D eigenvalue weighted by Crippen LogP contribution is 2.29. The van der Waals surface area contributed by atoms with E-state index in [0.717, 1.165) is 25.7 Å². The minimum atomic E-state index is -0.348. The molecule has 0 bridgehead atoms. The van der Waals surface area contributed by atoms with Crippen LogP contribution in [0.15, 0.2) is 24.3 Å². The van der Waals surface area contributed by atoms with Gasteiger partial charge in [-0.2, -0.15) is 0 Å². The Labute approximate surface area is 107 Å². The first kappa shape index (κ1) is 12.9. The Morgan fingerprint density at radius 3 is 2.72 bits per heavy atom. The van der Waals surface area contributed by atoms with Crippen LogP contribution < -0.4 is 11.1 Å².